The monoisotopic (exact) mass is 420 g/mol. The third-order valence-electron chi connectivity index (χ3n) is 5.39. The van der Waals surface area contributed by atoms with Crippen molar-refractivity contribution in [3.63, 3.8) is 0 Å². The maximum absolute atomic E-state index is 12.8. The zero-order valence-corrected chi connectivity index (χ0v) is 16.4. The molecule has 30 heavy (non-hydrogen) atoms. The van der Waals surface area contributed by atoms with Gasteiger partial charge in [-0.25, -0.2) is 9.78 Å². The Morgan fingerprint density at radius 1 is 1.03 bits per heavy atom. The fourth-order valence-corrected chi connectivity index (χ4v) is 3.87. The molecule has 3 aromatic rings. The number of halogens is 3. The summed E-state index contributed by atoms with van der Waals surface area (Å²) in [5, 5.41) is 0.695. The van der Waals surface area contributed by atoms with Crippen LogP contribution >= 0.6 is 0 Å². The molecule has 0 atom stereocenters. The third-order valence-corrected chi connectivity index (χ3v) is 5.39. The molecule has 0 aliphatic carbocycles. The van der Waals surface area contributed by atoms with Crippen LogP contribution in [-0.2, 0) is 13.1 Å². The highest BCUT2D eigenvalue weighted by Gasteiger charge is 2.28. The first kappa shape index (κ1) is 20.5. The molecule has 0 unspecified atom stereocenters. The molecule has 9 heteroatoms. The Morgan fingerprint density at radius 3 is 2.57 bits per heavy atom. The van der Waals surface area contributed by atoms with Gasteiger partial charge in [0.05, 0.1) is 5.52 Å². The van der Waals surface area contributed by atoms with Gasteiger partial charge in [0.25, 0.3) is 0 Å². The molecule has 0 saturated carbocycles. The normalized spacial score (nSPS) is 16.2. The number of benzene rings is 1. The highest BCUT2D eigenvalue weighted by molar-refractivity contribution is 5.86. The molecule has 3 heterocycles. The third kappa shape index (κ3) is 4.84. The number of hydrogen-bond donors (Lipinski definition) is 0. The lowest BCUT2D eigenvalue weighted by Gasteiger charge is -2.32. The van der Waals surface area contributed by atoms with Gasteiger partial charge >= 0.3 is 11.9 Å². The number of hydrogen-bond acceptors (Lipinski definition) is 4. The molecule has 160 valence electrons. The van der Waals surface area contributed by atoms with E-state index in [0.29, 0.717) is 23.2 Å². The van der Waals surface area contributed by atoms with Crippen molar-refractivity contribution in [3.8, 4) is 5.75 Å². The summed E-state index contributed by atoms with van der Waals surface area (Å²) < 4.78 is 47.3. The Hall–Kier alpha value is -2.81. The van der Waals surface area contributed by atoms with Gasteiger partial charge < -0.3 is 14.2 Å². The molecule has 0 spiro atoms. The summed E-state index contributed by atoms with van der Waals surface area (Å²) in [7, 11) is 0. The number of nitrogens with zero attached hydrogens (tertiary/aromatic N) is 4. The van der Waals surface area contributed by atoms with Crippen molar-refractivity contribution in [1.29, 1.82) is 0 Å². The zero-order valence-electron chi connectivity index (χ0n) is 16.4. The lowest BCUT2D eigenvalue weighted by Crippen LogP contribution is -2.40. The van der Waals surface area contributed by atoms with Crippen LogP contribution in [0.5, 0.6) is 5.75 Å². The van der Waals surface area contributed by atoms with Crippen LogP contribution in [0.1, 0.15) is 12.8 Å². The fraction of sp³-hybridized carbons (Fsp3) is 0.429. The number of likely N-dealkylation sites (tertiary alicyclic amines) is 1. The first-order valence-corrected chi connectivity index (χ1v) is 9.94. The molecule has 2 aromatic heterocycles. The quantitative estimate of drug-likeness (QED) is 0.614. The summed E-state index contributed by atoms with van der Waals surface area (Å²) in [6, 6.07) is 8.63. The van der Waals surface area contributed by atoms with Crippen LogP contribution in [0.15, 0.2) is 53.7 Å². The second-order valence-corrected chi connectivity index (χ2v) is 7.50. The van der Waals surface area contributed by atoms with Crippen LogP contribution in [0.3, 0.4) is 0 Å². The second-order valence-electron chi connectivity index (χ2n) is 7.50. The maximum atomic E-state index is 12.8. The van der Waals surface area contributed by atoms with E-state index in [2.05, 4.69) is 9.88 Å². The number of fused-ring (bicyclic) bond motifs is 1. The standard InChI is InChI=1S/C21H23F3N4O2/c22-21(23,24)15-28-12-7-17-18(28)3-1-4-19(17)30-16-5-10-26(11-6-16)13-14-27-9-2-8-25-20(27)29/h1-4,7-9,12,16H,5-6,10-11,13-15H2. The summed E-state index contributed by atoms with van der Waals surface area (Å²) in [4.78, 5) is 17.7. The van der Waals surface area contributed by atoms with Gasteiger partial charge in [-0.3, -0.25) is 4.57 Å². The number of ether oxygens (including phenoxy) is 1. The minimum atomic E-state index is -4.27. The molecule has 1 aliphatic rings. The second kappa shape index (κ2) is 8.51. The molecule has 0 N–H and O–H groups in total. The van der Waals surface area contributed by atoms with E-state index >= 15 is 0 Å². The molecule has 1 saturated heterocycles. The lowest BCUT2D eigenvalue weighted by atomic mass is 10.1. The van der Waals surface area contributed by atoms with Crippen molar-refractivity contribution in [2.45, 2.75) is 38.2 Å². The van der Waals surface area contributed by atoms with E-state index in [1.165, 1.54) is 17.0 Å². The highest BCUT2D eigenvalue weighted by Crippen LogP contribution is 2.30. The van der Waals surface area contributed by atoms with E-state index in [0.717, 1.165) is 32.5 Å². The van der Waals surface area contributed by atoms with Gasteiger partial charge in [-0.15, -0.1) is 0 Å². The molecule has 1 aliphatic heterocycles. The largest absolute Gasteiger partial charge is 0.490 e. The minimum absolute atomic E-state index is 0.0129. The molecule has 0 amide bonds. The van der Waals surface area contributed by atoms with Crippen LogP contribution in [0, 0.1) is 0 Å². The first-order valence-electron chi connectivity index (χ1n) is 9.94. The maximum Gasteiger partial charge on any atom is 0.406 e. The van der Waals surface area contributed by atoms with Crippen molar-refractivity contribution < 1.29 is 17.9 Å². The molecule has 0 bridgehead atoms. The Kier molecular flexibility index (Phi) is 5.80. The van der Waals surface area contributed by atoms with Gasteiger partial charge in [-0.1, -0.05) is 6.07 Å². The van der Waals surface area contributed by atoms with E-state index < -0.39 is 12.7 Å². The van der Waals surface area contributed by atoms with Crippen LogP contribution in [0.2, 0.25) is 0 Å². The Morgan fingerprint density at radius 2 is 1.83 bits per heavy atom. The van der Waals surface area contributed by atoms with E-state index in [-0.39, 0.29) is 11.8 Å². The van der Waals surface area contributed by atoms with Crippen molar-refractivity contribution in [2.24, 2.45) is 0 Å². The van der Waals surface area contributed by atoms with E-state index in [9.17, 15) is 18.0 Å². The van der Waals surface area contributed by atoms with Gasteiger partial charge in [0.2, 0.25) is 0 Å². The van der Waals surface area contributed by atoms with Crippen LogP contribution in [-0.4, -0.2) is 50.9 Å². The Labute approximate surface area is 171 Å². The van der Waals surface area contributed by atoms with Crippen molar-refractivity contribution in [3.05, 3.63) is 59.4 Å². The van der Waals surface area contributed by atoms with Crippen molar-refractivity contribution in [1.82, 2.24) is 19.0 Å². The van der Waals surface area contributed by atoms with E-state index in [4.69, 9.17) is 4.74 Å². The number of aromatic nitrogens is 3. The molecule has 0 radical (unpaired) electrons. The minimum Gasteiger partial charge on any atom is -0.490 e. The summed E-state index contributed by atoms with van der Waals surface area (Å²) in [6.45, 7) is 2.01. The molecule has 4 rings (SSSR count). The van der Waals surface area contributed by atoms with Gasteiger partial charge in [-0.2, -0.15) is 13.2 Å². The summed E-state index contributed by atoms with van der Waals surface area (Å²) in [5.41, 5.74) is 0.269. The summed E-state index contributed by atoms with van der Waals surface area (Å²) in [5.74, 6) is 0.619. The Balaban J connectivity index is 1.34. The average molecular weight is 420 g/mol. The number of rotatable bonds is 6. The predicted octanol–water partition coefficient (Wildman–Crippen LogP) is 3.30. The SMILES string of the molecule is O=c1ncccn1CCN1CCC(Oc2cccc3c2ccn3CC(F)(F)F)CC1. The van der Waals surface area contributed by atoms with Crippen LogP contribution in [0.4, 0.5) is 13.2 Å². The van der Waals surface area contributed by atoms with Gasteiger partial charge in [0.1, 0.15) is 18.4 Å². The average Bonchev–Trinajstić information content (AvgIpc) is 3.11. The highest BCUT2D eigenvalue weighted by atomic mass is 19.4. The smallest absolute Gasteiger partial charge is 0.406 e. The van der Waals surface area contributed by atoms with Gasteiger partial charge in [0, 0.05) is 50.2 Å². The molecule has 1 fully saturated rings. The number of piperidine rings is 1. The zero-order chi connectivity index (χ0) is 21.1. The predicted molar refractivity (Wildman–Crippen MR) is 107 cm³/mol. The van der Waals surface area contributed by atoms with E-state index in [1.54, 1.807) is 41.1 Å². The van der Waals surface area contributed by atoms with Gasteiger partial charge in [0.15, 0.2) is 0 Å². The molecule has 1 aromatic carbocycles. The van der Waals surface area contributed by atoms with Crippen molar-refractivity contribution in [2.75, 3.05) is 19.6 Å². The fourth-order valence-electron chi connectivity index (χ4n) is 3.87. The molecular weight excluding hydrogens is 397 g/mol. The Bertz CT molecular complexity index is 1050. The van der Waals surface area contributed by atoms with Crippen LogP contribution < -0.4 is 10.4 Å². The molecule has 6 nitrogen and oxygen atoms in total. The summed E-state index contributed by atoms with van der Waals surface area (Å²) >= 11 is 0. The first-order chi connectivity index (χ1) is 14.4. The van der Waals surface area contributed by atoms with Gasteiger partial charge in [-0.05, 0) is 37.1 Å². The molecular formula is C21H23F3N4O2. The number of alkyl halides is 3. The summed E-state index contributed by atoms with van der Waals surface area (Å²) in [6.07, 6.45) is 2.06. The lowest BCUT2D eigenvalue weighted by molar-refractivity contribution is -0.139. The van der Waals surface area contributed by atoms with E-state index in [1.807, 2.05) is 0 Å². The van der Waals surface area contributed by atoms with Crippen LogP contribution in [0.25, 0.3) is 10.9 Å². The van der Waals surface area contributed by atoms with Crippen molar-refractivity contribution >= 4 is 10.9 Å². The topological polar surface area (TPSA) is 52.3 Å².